The molecule has 0 fully saturated rings. The Morgan fingerprint density at radius 1 is 1.71 bits per heavy atom. The van der Waals surface area contributed by atoms with E-state index in [1.807, 2.05) is 24.2 Å². The summed E-state index contributed by atoms with van der Waals surface area (Å²) in [6, 6.07) is 1.99. The number of pyridine rings is 1. The minimum absolute atomic E-state index is 0.00306. The molecule has 0 aliphatic carbocycles. The maximum atomic E-state index is 11.3. The second-order valence-electron chi connectivity index (χ2n) is 3.39. The number of nitrogens with zero attached hydrogens (tertiary/aromatic N) is 2. The van der Waals surface area contributed by atoms with Gasteiger partial charge in [-0.1, -0.05) is 0 Å². The van der Waals surface area contributed by atoms with E-state index in [9.17, 15) is 4.79 Å². The van der Waals surface area contributed by atoms with Gasteiger partial charge in [-0.3, -0.25) is 9.78 Å². The number of thioether (sulfide) groups is 1. The molecule has 0 bridgehead atoms. The van der Waals surface area contributed by atoms with Gasteiger partial charge in [0.1, 0.15) is 0 Å². The minimum atomic E-state index is -0.00306. The lowest BCUT2D eigenvalue weighted by Crippen LogP contribution is -2.41. The van der Waals surface area contributed by atoms with Crippen molar-refractivity contribution in [1.82, 2.24) is 4.98 Å². The summed E-state index contributed by atoms with van der Waals surface area (Å²) >= 11 is 1.73. The van der Waals surface area contributed by atoms with E-state index in [4.69, 9.17) is 0 Å². The molecule has 0 saturated heterocycles. The normalized spacial score (nSPS) is 20.4. The third-order valence-electron chi connectivity index (χ3n) is 2.47. The Bertz CT molecular complexity index is 367. The number of carbonyl (C=O) groups is 1. The van der Waals surface area contributed by atoms with Crippen LogP contribution >= 0.6 is 11.8 Å². The second-order valence-corrected chi connectivity index (χ2v) is 4.45. The Morgan fingerprint density at radius 2 is 2.50 bits per heavy atom. The first-order valence-corrected chi connectivity index (χ1v) is 5.49. The molecule has 1 aromatic heterocycles. The third-order valence-corrected chi connectivity index (χ3v) is 3.61. The van der Waals surface area contributed by atoms with E-state index in [0.717, 1.165) is 11.4 Å². The molecule has 0 saturated carbocycles. The molecule has 1 aliphatic rings. The number of Topliss-reactive ketones (excluding diaryl/α,β-unsaturated/α-hetero) is 1. The van der Waals surface area contributed by atoms with Gasteiger partial charge in [0, 0.05) is 23.9 Å². The molecular formula is C10H12N2OS. The number of carbonyl (C=O) groups excluding carboxylic acids is 1. The quantitative estimate of drug-likeness (QED) is 0.701. The fourth-order valence-corrected chi connectivity index (χ4v) is 2.90. The molecule has 0 amide bonds. The van der Waals surface area contributed by atoms with Gasteiger partial charge in [-0.15, -0.1) is 11.8 Å². The molecule has 1 unspecified atom stereocenters. The summed E-state index contributed by atoms with van der Waals surface area (Å²) in [5.41, 5.74) is 1.06. The van der Waals surface area contributed by atoms with E-state index in [-0.39, 0.29) is 11.8 Å². The third kappa shape index (κ3) is 1.50. The van der Waals surface area contributed by atoms with E-state index >= 15 is 0 Å². The molecule has 0 N–H and O–H groups in total. The molecule has 1 aromatic rings. The first-order valence-electron chi connectivity index (χ1n) is 4.50. The molecule has 4 heteroatoms. The zero-order valence-corrected chi connectivity index (χ0v) is 9.04. The molecule has 1 aliphatic heterocycles. The van der Waals surface area contributed by atoms with Gasteiger partial charge in [0.2, 0.25) is 0 Å². The average molecular weight is 208 g/mol. The molecular weight excluding hydrogens is 196 g/mol. The van der Waals surface area contributed by atoms with Crippen molar-refractivity contribution < 1.29 is 4.79 Å². The summed E-state index contributed by atoms with van der Waals surface area (Å²) in [6.45, 7) is 1.64. The summed E-state index contributed by atoms with van der Waals surface area (Å²) in [6.07, 6.45) is 3.60. The Morgan fingerprint density at radius 3 is 3.21 bits per heavy atom. The fourth-order valence-electron chi connectivity index (χ4n) is 1.60. The number of fused-ring (bicyclic) bond motifs is 1. The first-order chi connectivity index (χ1) is 6.70. The topological polar surface area (TPSA) is 33.2 Å². The molecule has 3 nitrogen and oxygen atoms in total. The van der Waals surface area contributed by atoms with E-state index < -0.39 is 0 Å². The predicted octanol–water partition coefficient (Wildman–Crippen LogP) is 1.58. The van der Waals surface area contributed by atoms with Crippen molar-refractivity contribution in [3.05, 3.63) is 18.5 Å². The number of rotatable bonds is 1. The highest BCUT2D eigenvalue weighted by atomic mass is 32.2. The molecule has 1 atom stereocenters. The fraction of sp³-hybridized carbons (Fsp3) is 0.400. The van der Waals surface area contributed by atoms with Crippen molar-refractivity contribution >= 4 is 23.2 Å². The highest BCUT2D eigenvalue weighted by Crippen LogP contribution is 2.35. The Labute approximate surface area is 87.5 Å². The Kier molecular flexibility index (Phi) is 2.46. The average Bonchev–Trinajstić information content (AvgIpc) is 2.18. The van der Waals surface area contributed by atoms with Crippen LogP contribution in [0.1, 0.15) is 6.92 Å². The van der Waals surface area contributed by atoms with Crippen molar-refractivity contribution in [2.45, 2.75) is 17.9 Å². The standard InChI is InChI=1S/C10H12N2OS/c1-7(13)9-6-14-10-3-4-11-5-8(10)12(9)2/h3-5,9H,6H2,1-2H3. The summed E-state index contributed by atoms with van der Waals surface area (Å²) < 4.78 is 0. The van der Waals surface area contributed by atoms with E-state index in [1.54, 1.807) is 24.9 Å². The van der Waals surface area contributed by atoms with Gasteiger partial charge in [-0.2, -0.15) is 0 Å². The van der Waals surface area contributed by atoms with Crippen LogP contribution in [0.5, 0.6) is 0 Å². The Hall–Kier alpha value is -1.03. The summed E-state index contributed by atoms with van der Waals surface area (Å²) in [4.78, 5) is 18.6. The molecule has 2 heterocycles. The lowest BCUT2D eigenvalue weighted by atomic mass is 10.2. The molecule has 14 heavy (non-hydrogen) atoms. The van der Waals surface area contributed by atoms with Crippen LogP contribution < -0.4 is 4.90 Å². The van der Waals surface area contributed by atoms with Crippen molar-refractivity contribution in [3.63, 3.8) is 0 Å². The highest BCUT2D eigenvalue weighted by Gasteiger charge is 2.26. The van der Waals surface area contributed by atoms with Crippen molar-refractivity contribution in [2.24, 2.45) is 0 Å². The van der Waals surface area contributed by atoms with Crippen LogP contribution in [-0.2, 0) is 4.79 Å². The molecule has 0 spiro atoms. The zero-order chi connectivity index (χ0) is 10.1. The first kappa shape index (κ1) is 9.52. The molecule has 0 radical (unpaired) electrons. The van der Waals surface area contributed by atoms with Gasteiger partial charge in [0.15, 0.2) is 5.78 Å². The maximum Gasteiger partial charge on any atom is 0.153 e. The summed E-state index contributed by atoms with van der Waals surface area (Å²) in [5.74, 6) is 1.05. The summed E-state index contributed by atoms with van der Waals surface area (Å²) in [7, 11) is 1.95. The number of anilines is 1. The zero-order valence-electron chi connectivity index (χ0n) is 8.23. The van der Waals surface area contributed by atoms with Gasteiger partial charge < -0.3 is 4.90 Å². The number of hydrogen-bond donors (Lipinski definition) is 0. The van der Waals surface area contributed by atoms with Gasteiger partial charge in [0.25, 0.3) is 0 Å². The van der Waals surface area contributed by atoms with Crippen LogP contribution in [0, 0.1) is 0 Å². The van der Waals surface area contributed by atoms with E-state index in [2.05, 4.69) is 4.98 Å². The van der Waals surface area contributed by atoms with Crippen LogP contribution in [0.15, 0.2) is 23.4 Å². The van der Waals surface area contributed by atoms with Gasteiger partial charge in [-0.25, -0.2) is 0 Å². The predicted molar refractivity (Wildman–Crippen MR) is 57.8 cm³/mol. The van der Waals surface area contributed by atoms with E-state index in [1.165, 1.54) is 4.90 Å². The lowest BCUT2D eigenvalue weighted by molar-refractivity contribution is -0.117. The van der Waals surface area contributed by atoms with Crippen LogP contribution in [0.3, 0.4) is 0 Å². The van der Waals surface area contributed by atoms with Crippen LogP contribution in [-0.4, -0.2) is 29.6 Å². The maximum absolute atomic E-state index is 11.3. The number of ketones is 1. The van der Waals surface area contributed by atoms with Crippen LogP contribution in [0.4, 0.5) is 5.69 Å². The largest absolute Gasteiger partial charge is 0.362 e. The van der Waals surface area contributed by atoms with Gasteiger partial charge >= 0.3 is 0 Å². The van der Waals surface area contributed by atoms with Gasteiger partial charge in [0.05, 0.1) is 17.9 Å². The number of likely N-dealkylation sites (N-methyl/N-ethyl adjacent to an activating group) is 1. The Balaban J connectivity index is 2.36. The van der Waals surface area contributed by atoms with E-state index in [0.29, 0.717) is 0 Å². The van der Waals surface area contributed by atoms with Crippen molar-refractivity contribution in [3.8, 4) is 0 Å². The van der Waals surface area contributed by atoms with Crippen molar-refractivity contribution in [1.29, 1.82) is 0 Å². The second kappa shape index (κ2) is 3.61. The molecule has 74 valence electrons. The lowest BCUT2D eigenvalue weighted by Gasteiger charge is -2.33. The van der Waals surface area contributed by atoms with Gasteiger partial charge in [-0.05, 0) is 13.0 Å². The smallest absolute Gasteiger partial charge is 0.153 e. The number of aromatic nitrogens is 1. The highest BCUT2D eigenvalue weighted by molar-refractivity contribution is 7.99. The minimum Gasteiger partial charge on any atom is -0.362 e. The monoisotopic (exact) mass is 208 g/mol. The van der Waals surface area contributed by atoms with Crippen LogP contribution in [0.2, 0.25) is 0 Å². The molecule has 2 rings (SSSR count). The molecule has 0 aromatic carbocycles. The summed E-state index contributed by atoms with van der Waals surface area (Å²) in [5, 5.41) is 0. The van der Waals surface area contributed by atoms with Crippen LogP contribution in [0.25, 0.3) is 0 Å². The SMILES string of the molecule is CC(=O)C1CSc2ccncc2N1C. The number of hydrogen-bond acceptors (Lipinski definition) is 4. The van der Waals surface area contributed by atoms with Crippen molar-refractivity contribution in [2.75, 3.05) is 17.7 Å².